The van der Waals surface area contributed by atoms with Gasteiger partial charge in [-0.25, -0.2) is 9.78 Å². The first-order valence-electron chi connectivity index (χ1n) is 6.95. The van der Waals surface area contributed by atoms with Gasteiger partial charge in [0.2, 0.25) is 0 Å². The van der Waals surface area contributed by atoms with Gasteiger partial charge in [0.05, 0.1) is 11.0 Å². The van der Waals surface area contributed by atoms with E-state index < -0.39 is 0 Å². The highest BCUT2D eigenvalue weighted by Crippen LogP contribution is 2.13. The Balaban J connectivity index is 1.49. The summed E-state index contributed by atoms with van der Waals surface area (Å²) in [6, 6.07) is 14.5. The summed E-state index contributed by atoms with van der Waals surface area (Å²) >= 11 is 5.79. The monoisotopic (exact) mass is 314 g/mol. The summed E-state index contributed by atoms with van der Waals surface area (Å²) < 4.78 is 0. The number of imidazole rings is 1. The average Bonchev–Trinajstić information content (AvgIpc) is 2.92. The van der Waals surface area contributed by atoms with Gasteiger partial charge < -0.3 is 15.6 Å². The van der Waals surface area contributed by atoms with E-state index in [4.69, 9.17) is 11.6 Å². The summed E-state index contributed by atoms with van der Waals surface area (Å²) in [4.78, 5) is 19.5. The first-order valence-corrected chi connectivity index (χ1v) is 7.32. The Labute approximate surface area is 132 Å². The van der Waals surface area contributed by atoms with Crippen LogP contribution in [0.4, 0.5) is 10.5 Å². The van der Waals surface area contributed by atoms with Crippen molar-refractivity contribution in [1.82, 2.24) is 15.3 Å². The third-order valence-corrected chi connectivity index (χ3v) is 3.44. The standard InChI is InChI=1S/C16H15ClN4O/c17-11-5-7-12(8-6-11)19-16(22)18-10-9-15-20-13-3-1-2-4-14(13)21-15/h1-8H,9-10H2,(H,20,21)(H2,18,19,22). The number of amides is 2. The molecule has 0 bridgehead atoms. The molecule has 3 aromatic rings. The summed E-state index contributed by atoms with van der Waals surface area (Å²) in [5, 5.41) is 6.17. The van der Waals surface area contributed by atoms with Gasteiger partial charge >= 0.3 is 6.03 Å². The van der Waals surface area contributed by atoms with E-state index in [0.29, 0.717) is 23.7 Å². The van der Waals surface area contributed by atoms with Gasteiger partial charge in [-0.15, -0.1) is 0 Å². The number of H-pyrrole nitrogens is 1. The number of carbonyl (C=O) groups excluding carboxylic acids is 1. The highest BCUT2D eigenvalue weighted by molar-refractivity contribution is 6.30. The Bertz CT molecular complexity index is 749. The molecule has 5 nitrogen and oxygen atoms in total. The third kappa shape index (κ3) is 3.56. The van der Waals surface area contributed by atoms with Crippen LogP contribution >= 0.6 is 11.6 Å². The number of aromatic nitrogens is 2. The van der Waals surface area contributed by atoms with E-state index in [1.54, 1.807) is 24.3 Å². The molecule has 6 heteroatoms. The van der Waals surface area contributed by atoms with Crippen molar-refractivity contribution in [3.63, 3.8) is 0 Å². The van der Waals surface area contributed by atoms with Crippen LogP contribution in [0, 0.1) is 0 Å². The SMILES string of the molecule is O=C(NCCc1nc2ccccc2[nH]1)Nc1ccc(Cl)cc1. The lowest BCUT2D eigenvalue weighted by atomic mass is 10.3. The number of nitrogens with zero attached hydrogens (tertiary/aromatic N) is 1. The number of hydrogen-bond acceptors (Lipinski definition) is 2. The zero-order chi connectivity index (χ0) is 15.4. The molecule has 0 unspecified atom stereocenters. The van der Waals surface area contributed by atoms with Crippen molar-refractivity contribution in [2.45, 2.75) is 6.42 Å². The van der Waals surface area contributed by atoms with Gasteiger partial charge in [0.1, 0.15) is 5.82 Å². The van der Waals surface area contributed by atoms with E-state index >= 15 is 0 Å². The summed E-state index contributed by atoms with van der Waals surface area (Å²) in [6.45, 7) is 0.499. The molecule has 0 aliphatic rings. The second-order valence-electron chi connectivity index (χ2n) is 4.84. The van der Waals surface area contributed by atoms with Gasteiger partial charge in [-0.3, -0.25) is 0 Å². The Morgan fingerprint density at radius 1 is 1.14 bits per heavy atom. The van der Waals surface area contributed by atoms with Crippen molar-refractivity contribution in [3.8, 4) is 0 Å². The molecule has 0 saturated carbocycles. The maximum atomic E-state index is 11.8. The summed E-state index contributed by atoms with van der Waals surface area (Å²) in [6.07, 6.45) is 0.642. The fourth-order valence-corrected chi connectivity index (χ4v) is 2.25. The van der Waals surface area contributed by atoms with Crippen LogP contribution in [-0.2, 0) is 6.42 Å². The van der Waals surface area contributed by atoms with Crippen LogP contribution in [0.2, 0.25) is 5.02 Å². The third-order valence-electron chi connectivity index (χ3n) is 3.19. The summed E-state index contributed by atoms with van der Waals surface area (Å²) in [5.41, 5.74) is 2.64. The number of carbonyl (C=O) groups is 1. The molecular weight excluding hydrogens is 300 g/mol. The van der Waals surface area contributed by atoms with Crippen LogP contribution < -0.4 is 10.6 Å². The largest absolute Gasteiger partial charge is 0.342 e. The van der Waals surface area contributed by atoms with Gasteiger partial charge in [0.25, 0.3) is 0 Å². The van der Waals surface area contributed by atoms with Gasteiger partial charge in [-0.2, -0.15) is 0 Å². The molecule has 0 atom stereocenters. The van der Waals surface area contributed by atoms with Crippen molar-refractivity contribution in [2.24, 2.45) is 0 Å². The lowest BCUT2D eigenvalue weighted by Gasteiger charge is -2.06. The molecule has 0 saturated heterocycles. The van der Waals surface area contributed by atoms with Crippen LogP contribution in [0.1, 0.15) is 5.82 Å². The number of urea groups is 1. The molecule has 2 amide bonds. The van der Waals surface area contributed by atoms with Gasteiger partial charge in [0.15, 0.2) is 0 Å². The lowest BCUT2D eigenvalue weighted by Crippen LogP contribution is -2.30. The zero-order valence-electron chi connectivity index (χ0n) is 11.8. The number of aromatic amines is 1. The molecule has 2 aromatic carbocycles. The number of rotatable bonds is 4. The first kappa shape index (κ1) is 14.4. The van der Waals surface area contributed by atoms with E-state index in [1.165, 1.54) is 0 Å². The van der Waals surface area contributed by atoms with E-state index in [-0.39, 0.29) is 6.03 Å². The molecule has 0 fully saturated rings. The molecule has 0 spiro atoms. The fourth-order valence-electron chi connectivity index (χ4n) is 2.13. The molecule has 0 aliphatic heterocycles. The minimum atomic E-state index is -0.251. The number of hydrogen-bond donors (Lipinski definition) is 3. The Hall–Kier alpha value is -2.53. The van der Waals surface area contributed by atoms with E-state index in [9.17, 15) is 4.79 Å². The number of para-hydroxylation sites is 2. The molecular formula is C16H15ClN4O. The minimum Gasteiger partial charge on any atom is -0.342 e. The quantitative estimate of drug-likeness (QED) is 0.689. The Kier molecular flexibility index (Phi) is 4.25. The van der Waals surface area contributed by atoms with Crippen molar-refractivity contribution in [3.05, 3.63) is 59.4 Å². The smallest absolute Gasteiger partial charge is 0.319 e. The van der Waals surface area contributed by atoms with Crippen molar-refractivity contribution < 1.29 is 4.79 Å². The first-order chi connectivity index (χ1) is 10.7. The highest BCUT2D eigenvalue weighted by atomic mass is 35.5. The number of anilines is 1. The molecule has 112 valence electrons. The second-order valence-corrected chi connectivity index (χ2v) is 5.27. The number of halogens is 1. The number of fused-ring (bicyclic) bond motifs is 1. The van der Waals surface area contributed by atoms with Crippen molar-refractivity contribution >= 4 is 34.4 Å². The predicted octanol–water partition coefficient (Wildman–Crippen LogP) is 3.58. The molecule has 1 heterocycles. The molecule has 1 aromatic heterocycles. The van der Waals surface area contributed by atoms with E-state index in [1.807, 2.05) is 24.3 Å². The van der Waals surface area contributed by atoms with Gasteiger partial charge in [-0.1, -0.05) is 23.7 Å². The number of nitrogens with one attached hydrogen (secondary N) is 3. The van der Waals surface area contributed by atoms with Crippen LogP contribution in [0.25, 0.3) is 11.0 Å². The molecule has 0 radical (unpaired) electrons. The van der Waals surface area contributed by atoms with Crippen LogP contribution in [0.3, 0.4) is 0 Å². The maximum absolute atomic E-state index is 11.8. The molecule has 0 aliphatic carbocycles. The van der Waals surface area contributed by atoms with E-state index in [2.05, 4.69) is 20.6 Å². The van der Waals surface area contributed by atoms with Crippen LogP contribution in [-0.4, -0.2) is 22.5 Å². The number of benzene rings is 2. The zero-order valence-corrected chi connectivity index (χ0v) is 12.5. The van der Waals surface area contributed by atoms with Crippen LogP contribution in [0.5, 0.6) is 0 Å². The second kappa shape index (κ2) is 6.49. The summed E-state index contributed by atoms with van der Waals surface area (Å²) in [7, 11) is 0. The topological polar surface area (TPSA) is 69.8 Å². The fraction of sp³-hybridized carbons (Fsp3) is 0.125. The van der Waals surface area contributed by atoms with Gasteiger partial charge in [0, 0.05) is 23.7 Å². The molecule has 3 rings (SSSR count). The van der Waals surface area contributed by atoms with Crippen molar-refractivity contribution in [2.75, 3.05) is 11.9 Å². The highest BCUT2D eigenvalue weighted by Gasteiger charge is 2.04. The summed E-state index contributed by atoms with van der Waals surface area (Å²) in [5.74, 6) is 0.855. The Morgan fingerprint density at radius 3 is 2.68 bits per heavy atom. The molecule has 3 N–H and O–H groups in total. The minimum absolute atomic E-state index is 0.251. The molecule has 22 heavy (non-hydrogen) atoms. The normalized spacial score (nSPS) is 10.6. The van der Waals surface area contributed by atoms with Crippen molar-refractivity contribution in [1.29, 1.82) is 0 Å². The van der Waals surface area contributed by atoms with E-state index in [0.717, 1.165) is 16.9 Å². The maximum Gasteiger partial charge on any atom is 0.319 e. The average molecular weight is 315 g/mol. The van der Waals surface area contributed by atoms with Gasteiger partial charge in [-0.05, 0) is 36.4 Å². The predicted molar refractivity (Wildman–Crippen MR) is 88.3 cm³/mol. The lowest BCUT2D eigenvalue weighted by molar-refractivity contribution is 0.252. The Morgan fingerprint density at radius 2 is 1.91 bits per heavy atom. The van der Waals surface area contributed by atoms with Crippen LogP contribution in [0.15, 0.2) is 48.5 Å².